The van der Waals surface area contributed by atoms with Gasteiger partial charge in [-0.25, -0.2) is 0 Å². The maximum absolute atomic E-state index is 8.39. The predicted molar refractivity (Wildman–Crippen MR) is 44.5 cm³/mol. The summed E-state index contributed by atoms with van der Waals surface area (Å²) in [6, 6.07) is 2.75. The molecular weight excluding hydrogens is 136 g/mol. The van der Waals surface area contributed by atoms with Crippen LogP contribution in [0.5, 0.6) is 0 Å². The zero-order valence-electron chi connectivity index (χ0n) is 6.92. The summed E-state index contributed by atoms with van der Waals surface area (Å²) >= 11 is 0. The van der Waals surface area contributed by atoms with Crippen LogP contribution < -0.4 is 0 Å². The van der Waals surface area contributed by atoms with Crippen LogP contribution >= 0.6 is 0 Å². The van der Waals surface area contributed by atoms with Crippen molar-refractivity contribution in [2.75, 3.05) is 6.54 Å². The molecule has 0 aromatic carbocycles. The molecule has 2 nitrogen and oxygen atoms in total. The van der Waals surface area contributed by atoms with Crippen molar-refractivity contribution >= 4 is 0 Å². The molecule has 2 heteroatoms. The van der Waals surface area contributed by atoms with E-state index in [-0.39, 0.29) is 0 Å². The van der Waals surface area contributed by atoms with Gasteiger partial charge in [0.05, 0.1) is 6.07 Å². The lowest BCUT2D eigenvalue weighted by Crippen LogP contribution is -2.34. The molecule has 1 rings (SSSR count). The van der Waals surface area contributed by atoms with E-state index in [0.29, 0.717) is 12.5 Å². The smallest absolute Gasteiger partial charge is 0.0622 e. The van der Waals surface area contributed by atoms with Crippen molar-refractivity contribution in [2.24, 2.45) is 0 Å². The predicted octanol–water partition coefficient (Wildman–Crippen LogP) is 1.94. The van der Waals surface area contributed by atoms with Crippen molar-refractivity contribution in [3.63, 3.8) is 0 Å². The summed E-state index contributed by atoms with van der Waals surface area (Å²) in [6.45, 7) is 1.11. The molecule has 1 fully saturated rings. The summed E-state index contributed by atoms with van der Waals surface area (Å²) < 4.78 is 0. The van der Waals surface area contributed by atoms with E-state index < -0.39 is 0 Å². The fourth-order valence-corrected chi connectivity index (χ4v) is 1.62. The van der Waals surface area contributed by atoms with E-state index in [0.717, 1.165) is 13.0 Å². The molecule has 0 amide bonds. The van der Waals surface area contributed by atoms with Gasteiger partial charge in [0.2, 0.25) is 0 Å². The van der Waals surface area contributed by atoms with Gasteiger partial charge in [0.1, 0.15) is 0 Å². The molecule has 0 spiro atoms. The molecule has 0 N–H and O–H groups in total. The number of hydrogen-bond acceptors (Lipinski definition) is 2. The highest BCUT2D eigenvalue weighted by molar-refractivity contribution is 4.80. The average molecular weight is 151 g/mol. The molecule has 1 atom stereocenters. The molecule has 0 aromatic heterocycles. The largest absolute Gasteiger partial charge is 0.299 e. The molecule has 1 unspecified atom stereocenters. The lowest BCUT2D eigenvalue weighted by Gasteiger charge is -2.31. The third-order valence-corrected chi connectivity index (χ3v) is 2.34. The summed E-state index contributed by atoms with van der Waals surface area (Å²) in [4.78, 5) is 2.14. The van der Waals surface area contributed by atoms with Crippen LogP contribution in [0.3, 0.4) is 0 Å². The topological polar surface area (TPSA) is 27.0 Å². The Balaban J connectivity index is 2.25. The molecule has 0 aliphatic carbocycles. The van der Waals surface area contributed by atoms with Crippen LogP contribution in [0, 0.1) is 18.4 Å². The van der Waals surface area contributed by atoms with Crippen LogP contribution in [0.25, 0.3) is 0 Å². The highest BCUT2D eigenvalue weighted by atomic mass is 15.1. The van der Waals surface area contributed by atoms with Gasteiger partial charge < -0.3 is 0 Å². The van der Waals surface area contributed by atoms with E-state index in [1.165, 1.54) is 19.3 Å². The number of rotatable bonds is 2. The van der Waals surface area contributed by atoms with Crippen LogP contribution in [0.4, 0.5) is 0 Å². The standard InChI is InChI=1S/C9H15N2/c1-11-8-3-2-5-9(11)6-4-7-10/h9H,1-6,8H2. The number of likely N-dealkylation sites (tertiary alicyclic amines) is 1. The first-order valence-corrected chi connectivity index (χ1v) is 4.28. The van der Waals surface area contributed by atoms with Crippen LogP contribution in [-0.2, 0) is 0 Å². The Morgan fingerprint density at radius 3 is 3.00 bits per heavy atom. The van der Waals surface area contributed by atoms with E-state index >= 15 is 0 Å². The normalized spacial score (nSPS) is 26.4. The first kappa shape index (κ1) is 8.55. The summed E-state index contributed by atoms with van der Waals surface area (Å²) in [5.41, 5.74) is 0. The molecule has 1 saturated heterocycles. The fourth-order valence-electron chi connectivity index (χ4n) is 1.62. The SMILES string of the molecule is [CH2]N1CCCCC1CCC#N. The lowest BCUT2D eigenvalue weighted by atomic mass is 9.99. The first-order valence-electron chi connectivity index (χ1n) is 4.28. The Morgan fingerprint density at radius 1 is 1.55 bits per heavy atom. The molecule has 0 bridgehead atoms. The Hall–Kier alpha value is -0.550. The molecule has 1 radical (unpaired) electrons. The minimum absolute atomic E-state index is 0.573. The van der Waals surface area contributed by atoms with Gasteiger partial charge in [-0.15, -0.1) is 0 Å². The molecule has 61 valence electrons. The van der Waals surface area contributed by atoms with Crippen molar-refractivity contribution in [1.82, 2.24) is 4.90 Å². The number of nitriles is 1. The fraction of sp³-hybridized carbons (Fsp3) is 0.778. The zero-order chi connectivity index (χ0) is 8.10. The third kappa shape index (κ3) is 2.51. The summed E-state index contributed by atoms with van der Waals surface area (Å²) in [5.74, 6) is 0. The van der Waals surface area contributed by atoms with Gasteiger partial charge in [-0.05, 0) is 25.8 Å². The minimum atomic E-state index is 0.573. The van der Waals surface area contributed by atoms with Crippen LogP contribution in [-0.4, -0.2) is 17.5 Å². The molecule has 1 aliphatic rings. The van der Waals surface area contributed by atoms with Crippen molar-refractivity contribution in [3.05, 3.63) is 7.05 Å². The minimum Gasteiger partial charge on any atom is -0.299 e. The van der Waals surface area contributed by atoms with Gasteiger partial charge in [0.25, 0.3) is 0 Å². The maximum atomic E-state index is 8.39. The second-order valence-electron chi connectivity index (χ2n) is 3.16. The molecule has 1 aliphatic heterocycles. The lowest BCUT2D eigenvalue weighted by molar-refractivity contribution is 0.200. The molecule has 0 saturated carbocycles. The quantitative estimate of drug-likeness (QED) is 0.603. The highest BCUT2D eigenvalue weighted by Crippen LogP contribution is 2.19. The van der Waals surface area contributed by atoms with Crippen LogP contribution in [0.2, 0.25) is 0 Å². The zero-order valence-corrected chi connectivity index (χ0v) is 6.92. The highest BCUT2D eigenvalue weighted by Gasteiger charge is 2.17. The van der Waals surface area contributed by atoms with Crippen molar-refractivity contribution in [3.8, 4) is 6.07 Å². The summed E-state index contributed by atoms with van der Waals surface area (Å²) in [6.07, 6.45) is 5.48. The number of hydrogen-bond donors (Lipinski definition) is 0. The monoisotopic (exact) mass is 151 g/mol. The first-order chi connectivity index (χ1) is 5.34. The van der Waals surface area contributed by atoms with E-state index in [1.807, 2.05) is 0 Å². The van der Waals surface area contributed by atoms with E-state index in [4.69, 9.17) is 5.26 Å². The van der Waals surface area contributed by atoms with Gasteiger partial charge in [-0.1, -0.05) is 6.42 Å². The van der Waals surface area contributed by atoms with E-state index in [1.54, 1.807) is 0 Å². The summed E-state index contributed by atoms with van der Waals surface area (Å²) in [7, 11) is 3.96. The van der Waals surface area contributed by atoms with Crippen molar-refractivity contribution in [1.29, 1.82) is 5.26 Å². The number of piperidine rings is 1. The molecule has 0 aromatic rings. The van der Waals surface area contributed by atoms with Crippen molar-refractivity contribution < 1.29 is 0 Å². The van der Waals surface area contributed by atoms with Gasteiger partial charge in [-0.2, -0.15) is 5.26 Å². The third-order valence-electron chi connectivity index (χ3n) is 2.34. The number of nitrogens with zero attached hydrogens (tertiary/aromatic N) is 2. The van der Waals surface area contributed by atoms with E-state index in [9.17, 15) is 0 Å². The van der Waals surface area contributed by atoms with Gasteiger partial charge in [0, 0.05) is 19.5 Å². The Morgan fingerprint density at radius 2 is 2.36 bits per heavy atom. The second kappa shape index (κ2) is 4.35. The summed E-state index contributed by atoms with van der Waals surface area (Å²) in [5, 5.41) is 8.39. The second-order valence-corrected chi connectivity index (χ2v) is 3.16. The molecular formula is C9H15N2. The molecule has 11 heavy (non-hydrogen) atoms. The maximum Gasteiger partial charge on any atom is 0.0622 e. The van der Waals surface area contributed by atoms with E-state index in [2.05, 4.69) is 18.0 Å². The average Bonchev–Trinajstić information content (AvgIpc) is 2.03. The Labute approximate surface area is 68.8 Å². The Bertz CT molecular complexity index is 148. The van der Waals surface area contributed by atoms with Gasteiger partial charge in [-0.3, -0.25) is 4.90 Å². The molecule has 1 heterocycles. The Kier molecular flexibility index (Phi) is 3.38. The van der Waals surface area contributed by atoms with Crippen LogP contribution in [0.15, 0.2) is 0 Å². The van der Waals surface area contributed by atoms with Crippen LogP contribution in [0.1, 0.15) is 32.1 Å². The van der Waals surface area contributed by atoms with Crippen molar-refractivity contribution in [2.45, 2.75) is 38.1 Å². The van der Waals surface area contributed by atoms with Gasteiger partial charge >= 0.3 is 0 Å². The van der Waals surface area contributed by atoms with Gasteiger partial charge in [0.15, 0.2) is 0 Å².